The van der Waals surface area contributed by atoms with Gasteiger partial charge in [0.2, 0.25) is 0 Å². The summed E-state index contributed by atoms with van der Waals surface area (Å²) in [6.07, 6.45) is 2.11. The third-order valence-corrected chi connectivity index (χ3v) is 3.91. The summed E-state index contributed by atoms with van der Waals surface area (Å²) in [7, 11) is 0. The van der Waals surface area contributed by atoms with Gasteiger partial charge in [0.15, 0.2) is 0 Å². The molecule has 2 heteroatoms. The Morgan fingerprint density at radius 1 is 0.952 bits per heavy atom. The largest absolute Gasteiger partial charge is 0.508 e. The van der Waals surface area contributed by atoms with Crippen molar-refractivity contribution < 1.29 is 5.11 Å². The zero-order chi connectivity index (χ0) is 15.2. The SMILES string of the molecule is Cc1ccc([C@H](C)NC(C)CCc2ccc(O)cc2)cc1. The highest BCUT2D eigenvalue weighted by Gasteiger charge is 2.09. The Morgan fingerprint density at radius 3 is 2.19 bits per heavy atom. The molecule has 2 N–H and O–H groups in total. The van der Waals surface area contributed by atoms with E-state index in [1.54, 1.807) is 12.1 Å². The van der Waals surface area contributed by atoms with Crippen LogP contribution in [0.2, 0.25) is 0 Å². The summed E-state index contributed by atoms with van der Waals surface area (Å²) >= 11 is 0. The van der Waals surface area contributed by atoms with Crippen LogP contribution in [-0.4, -0.2) is 11.1 Å². The fraction of sp³-hybridized carbons (Fsp3) is 0.368. The predicted octanol–water partition coefficient (Wildman–Crippen LogP) is 4.37. The molecule has 0 radical (unpaired) electrons. The Hall–Kier alpha value is -1.80. The second-order valence-corrected chi connectivity index (χ2v) is 5.91. The number of rotatable bonds is 6. The first-order valence-corrected chi connectivity index (χ1v) is 7.65. The van der Waals surface area contributed by atoms with E-state index in [4.69, 9.17) is 0 Å². The quantitative estimate of drug-likeness (QED) is 0.825. The Bertz CT molecular complexity index is 545. The zero-order valence-electron chi connectivity index (χ0n) is 13.1. The van der Waals surface area contributed by atoms with Crippen LogP contribution in [0.3, 0.4) is 0 Å². The molecule has 0 heterocycles. The average Bonchev–Trinajstić information content (AvgIpc) is 2.47. The fourth-order valence-electron chi connectivity index (χ4n) is 2.51. The maximum atomic E-state index is 9.29. The van der Waals surface area contributed by atoms with Gasteiger partial charge in [-0.15, -0.1) is 0 Å². The molecule has 0 aromatic heterocycles. The van der Waals surface area contributed by atoms with Crippen molar-refractivity contribution in [2.75, 3.05) is 0 Å². The highest BCUT2D eigenvalue weighted by molar-refractivity contribution is 5.26. The minimum absolute atomic E-state index is 0.331. The first-order valence-electron chi connectivity index (χ1n) is 7.65. The van der Waals surface area contributed by atoms with E-state index >= 15 is 0 Å². The predicted molar refractivity (Wildman–Crippen MR) is 88.6 cm³/mol. The summed E-state index contributed by atoms with van der Waals surface area (Å²) in [5.41, 5.74) is 3.90. The first kappa shape index (κ1) is 15.6. The van der Waals surface area contributed by atoms with Crippen molar-refractivity contribution in [2.24, 2.45) is 0 Å². The van der Waals surface area contributed by atoms with Crippen molar-refractivity contribution in [1.29, 1.82) is 0 Å². The average molecular weight is 283 g/mol. The molecule has 0 bridgehead atoms. The number of hydrogen-bond donors (Lipinski definition) is 2. The van der Waals surface area contributed by atoms with E-state index in [2.05, 4.69) is 50.4 Å². The van der Waals surface area contributed by atoms with Gasteiger partial charge in [0.1, 0.15) is 5.75 Å². The molecule has 2 aromatic carbocycles. The fourth-order valence-corrected chi connectivity index (χ4v) is 2.51. The summed E-state index contributed by atoms with van der Waals surface area (Å²) in [4.78, 5) is 0. The zero-order valence-corrected chi connectivity index (χ0v) is 13.1. The summed E-state index contributed by atoms with van der Waals surface area (Å²) in [6.45, 7) is 6.55. The molecule has 112 valence electrons. The third-order valence-electron chi connectivity index (χ3n) is 3.91. The van der Waals surface area contributed by atoms with E-state index in [0.29, 0.717) is 17.8 Å². The maximum absolute atomic E-state index is 9.29. The van der Waals surface area contributed by atoms with Gasteiger partial charge in [-0.05, 0) is 56.9 Å². The highest BCUT2D eigenvalue weighted by atomic mass is 16.3. The smallest absolute Gasteiger partial charge is 0.115 e. The van der Waals surface area contributed by atoms with Crippen molar-refractivity contribution >= 4 is 0 Å². The molecule has 2 nitrogen and oxygen atoms in total. The molecule has 0 amide bonds. The lowest BCUT2D eigenvalue weighted by atomic mass is 10.0. The van der Waals surface area contributed by atoms with Crippen LogP contribution in [0.25, 0.3) is 0 Å². The van der Waals surface area contributed by atoms with Crippen LogP contribution in [0.15, 0.2) is 48.5 Å². The van der Waals surface area contributed by atoms with Crippen molar-refractivity contribution in [3.8, 4) is 5.75 Å². The molecule has 21 heavy (non-hydrogen) atoms. The van der Waals surface area contributed by atoms with Gasteiger partial charge < -0.3 is 10.4 Å². The van der Waals surface area contributed by atoms with Crippen molar-refractivity contribution in [2.45, 2.75) is 45.7 Å². The van der Waals surface area contributed by atoms with Crippen LogP contribution in [0.4, 0.5) is 0 Å². The van der Waals surface area contributed by atoms with Gasteiger partial charge in [-0.1, -0.05) is 42.0 Å². The lowest BCUT2D eigenvalue weighted by Crippen LogP contribution is -2.29. The van der Waals surface area contributed by atoms with Gasteiger partial charge >= 0.3 is 0 Å². The van der Waals surface area contributed by atoms with E-state index in [1.807, 2.05) is 12.1 Å². The normalized spacial score (nSPS) is 13.9. The van der Waals surface area contributed by atoms with Gasteiger partial charge in [0.05, 0.1) is 0 Å². The van der Waals surface area contributed by atoms with Crippen LogP contribution in [0, 0.1) is 6.92 Å². The van der Waals surface area contributed by atoms with E-state index < -0.39 is 0 Å². The molecule has 1 unspecified atom stereocenters. The molecular weight excluding hydrogens is 258 g/mol. The first-order chi connectivity index (χ1) is 10.0. The van der Waals surface area contributed by atoms with Crippen molar-refractivity contribution in [1.82, 2.24) is 5.32 Å². The second-order valence-electron chi connectivity index (χ2n) is 5.91. The Kier molecular flexibility index (Phi) is 5.40. The molecular formula is C19H25NO. The Morgan fingerprint density at radius 2 is 1.57 bits per heavy atom. The molecule has 0 aliphatic carbocycles. The van der Waals surface area contributed by atoms with Crippen LogP contribution < -0.4 is 5.32 Å². The van der Waals surface area contributed by atoms with Crippen molar-refractivity contribution in [3.63, 3.8) is 0 Å². The van der Waals surface area contributed by atoms with Gasteiger partial charge in [-0.25, -0.2) is 0 Å². The number of phenolic OH excluding ortho intramolecular Hbond substituents is 1. The van der Waals surface area contributed by atoms with Crippen LogP contribution in [0.5, 0.6) is 5.75 Å². The minimum atomic E-state index is 0.331. The molecule has 0 aliphatic heterocycles. The number of aryl methyl sites for hydroxylation is 2. The summed E-state index contributed by atoms with van der Waals surface area (Å²) in [6, 6.07) is 17.0. The molecule has 2 aromatic rings. The maximum Gasteiger partial charge on any atom is 0.115 e. The number of nitrogens with one attached hydrogen (secondary N) is 1. The summed E-state index contributed by atoms with van der Waals surface area (Å²) < 4.78 is 0. The molecule has 2 atom stereocenters. The van der Waals surface area contributed by atoms with E-state index in [1.165, 1.54) is 16.7 Å². The highest BCUT2D eigenvalue weighted by Crippen LogP contribution is 2.16. The van der Waals surface area contributed by atoms with Crippen LogP contribution >= 0.6 is 0 Å². The molecule has 0 aliphatic rings. The van der Waals surface area contributed by atoms with E-state index in [-0.39, 0.29) is 0 Å². The Labute approximate surface area is 127 Å². The molecule has 0 fully saturated rings. The topological polar surface area (TPSA) is 32.3 Å². The molecule has 0 saturated heterocycles. The minimum Gasteiger partial charge on any atom is -0.508 e. The van der Waals surface area contributed by atoms with Gasteiger partial charge in [-0.2, -0.15) is 0 Å². The number of hydrogen-bond acceptors (Lipinski definition) is 2. The Balaban J connectivity index is 1.82. The van der Waals surface area contributed by atoms with Crippen molar-refractivity contribution in [3.05, 3.63) is 65.2 Å². The van der Waals surface area contributed by atoms with Gasteiger partial charge in [0.25, 0.3) is 0 Å². The monoisotopic (exact) mass is 283 g/mol. The standard InChI is InChI=1S/C19H25NO/c1-14-4-10-18(11-5-14)16(3)20-15(2)6-7-17-8-12-19(21)13-9-17/h4-5,8-13,15-16,20-21H,6-7H2,1-3H3/t15?,16-/m0/s1. The van der Waals surface area contributed by atoms with Crippen LogP contribution in [0.1, 0.15) is 43.0 Å². The summed E-state index contributed by atoms with van der Waals surface area (Å²) in [5.74, 6) is 0.331. The van der Waals surface area contributed by atoms with E-state index in [0.717, 1.165) is 12.8 Å². The lowest BCUT2D eigenvalue weighted by Gasteiger charge is -2.20. The number of benzene rings is 2. The third kappa shape index (κ3) is 4.91. The number of aromatic hydroxyl groups is 1. The molecule has 0 spiro atoms. The molecule has 2 rings (SSSR count). The lowest BCUT2D eigenvalue weighted by molar-refractivity contribution is 0.456. The second kappa shape index (κ2) is 7.28. The van der Waals surface area contributed by atoms with E-state index in [9.17, 15) is 5.11 Å². The van der Waals surface area contributed by atoms with Crippen LogP contribution in [-0.2, 0) is 6.42 Å². The molecule has 0 saturated carbocycles. The van der Waals surface area contributed by atoms with Gasteiger partial charge in [0, 0.05) is 12.1 Å². The van der Waals surface area contributed by atoms with Gasteiger partial charge in [-0.3, -0.25) is 0 Å². The number of phenols is 1. The summed E-state index contributed by atoms with van der Waals surface area (Å²) in [5, 5.41) is 12.9.